The van der Waals surface area contributed by atoms with Gasteiger partial charge in [-0.1, -0.05) is 0 Å². The zero-order valence-corrected chi connectivity index (χ0v) is 11.9. The number of rotatable bonds is 9. The van der Waals surface area contributed by atoms with Gasteiger partial charge in [0, 0.05) is 5.54 Å². The molecule has 1 rings (SSSR count). The second kappa shape index (κ2) is 8.02. The highest BCUT2D eigenvalue weighted by Crippen LogP contribution is 2.18. The van der Waals surface area contributed by atoms with Crippen LogP contribution in [-0.2, 0) is 0 Å². The van der Waals surface area contributed by atoms with Gasteiger partial charge in [-0.05, 0) is 57.4 Å². The van der Waals surface area contributed by atoms with Crippen molar-refractivity contribution in [2.24, 2.45) is 5.73 Å². The highest BCUT2D eigenvalue weighted by Gasteiger charge is 2.15. The molecule has 108 valence electrons. The molecule has 19 heavy (non-hydrogen) atoms. The van der Waals surface area contributed by atoms with E-state index in [1.807, 2.05) is 38.1 Å². The number of unbranched alkanes of at least 4 members (excludes halogenated alkanes) is 1. The molecule has 0 fully saturated rings. The van der Waals surface area contributed by atoms with Crippen LogP contribution >= 0.6 is 0 Å². The SMILES string of the molecule is CCOc1ccc(OCCCCC(C)(N)CO)cc1. The summed E-state index contributed by atoms with van der Waals surface area (Å²) in [5, 5.41) is 9.03. The van der Waals surface area contributed by atoms with Crippen molar-refractivity contribution in [1.29, 1.82) is 0 Å². The molecule has 0 radical (unpaired) electrons. The number of nitrogens with two attached hydrogens (primary N) is 1. The van der Waals surface area contributed by atoms with Gasteiger partial charge in [-0.2, -0.15) is 0 Å². The summed E-state index contributed by atoms with van der Waals surface area (Å²) in [5.41, 5.74) is 5.38. The van der Waals surface area contributed by atoms with Crippen LogP contribution in [0, 0.1) is 0 Å². The van der Waals surface area contributed by atoms with Gasteiger partial charge in [0.25, 0.3) is 0 Å². The van der Waals surface area contributed by atoms with Gasteiger partial charge in [0.15, 0.2) is 0 Å². The number of aliphatic hydroxyl groups is 1. The smallest absolute Gasteiger partial charge is 0.119 e. The second-order valence-electron chi connectivity index (χ2n) is 5.02. The first-order chi connectivity index (χ1) is 9.07. The summed E-state index contributed by atoms with van der Waals surface area (Å²) in [5.74, 6) is 1.71. The first-order valence-electron chi connectivity index (χ1n) is 6.83. The van der Waals surface area contributed by atoms with E-state index in [9.17, 15) is 0 Å². The summed E-state index contributed by atoms with van der Waals surface area (Å²) in [6.07, 6.45) is 2.68. The minimum Gasteiger partial charge on any atom is -0.494 e. The Kier molecular flexibility index (Phi) is 6.67. The van der Waals surface area contributed by atoms with Gasteiger partial charge in [0.2, 0.25) is 0 Å². The van der Waals surface area contributed by atoms with Gasteiger partial charge in [0.05, 0.1) is 19.8 Å². The Balaban J connectivity index is 2.19. The molecule has 1 aromatic rings. The van der Waals surface area contributed by atoms with Crippen molar-refractivity contribution in [3.05, 3.63) is 24.3 Å². The zero-order chi connectivity index (χ0) is 14.1. The summed E-state index contributed by atoms with van der Waals surface area (Å²) >= 11 is 0. The molecule has 0 aliphatic rings. The molecular formula is C15H25NO3. The van der Waals surface area contributed by atoms with E-state index in [1.54, 1.807) is 0 Å². The molecule has 0 spiro atoms. The fourth-order valence-corrected chi connectivity index (χ4v) is 1.70. The molecule has 1 atom stereocenters. The van der Waals surface area contributed by atoms with Crippen molar-refractivity contribution in [1.82, 2.24) is 0 Å². The van der Waals surface area contributed by atoms with E-state index >= 15 is 0 Å². The summed E-state index contributed by atoms with van der Waals surface area (Å²) in [7, 11) is 0. The minimum atomic E-state index is -0.473. The van der Waals surface area contributed by atoms with E-state index in [2.05, 4.69) is 0 Å². The number of hydrogen-bond donors (Lipinski definition) is 2. The highest BCUT2D eigenvalue weighted by molar-refractivity contribution is 5.31. The fraction of sp³-hybridized carbons (Fsp3) is 0.600. The molecule has 4 heteroatoms. The van der Waals surface area contributed by atoms with Crippen LogP contribution < -0.4 is 15.2 Å². The molecule has 0 bridgehead atoms. The summed E-state index contributed by atoms with van der Waals surface area (Å²) in [6, 6.07) is 7.63. The number of benzene rings is 1. The van der Waals surface area contributed by atoms with Gasteiger partial charge < -0.3 is 20.3 Å². The Morgan fingerprint density at radius 1 is 1.11 bits per heavy atom. The van der Waals surface area contributed by atoms with E-state index in [4.69, 9.17) is 20.3 Å². The molecule has 1 aromatic carbocycles. The lowest BCUT2D eigenvalue weighted by molar-refractivity contribution is 0.194. The summed E-state index contributed by atoms with van der Waals surface area (Å²) in [4.78, 5) is 0. The van der Waals surface area contributed by atoms with Crippen LogP contribution in [0.5, 0.6) is 11.5 Å². The van der Waals surface area contributed by atoms with Crippen molar-refractivity contribution in [2.45, 2.75) is 38.6 Å². The lowest BCUT2D eigenvalue weighted by atomic mass is 9.97. The van der Waals surface area contributed by atoms with Crippen molar-refractivity contribution in [3.63, 3.8) is 0 Å². The molecule has 0 amide bonds. The molecule has 4 nitrogen and oxygen atoms in total. The second-order valence-corrected chi connectivity index (χ2v) is 5.02. The van der Waals surface area contributed by atoms with Crippen LogP contribution in [0.1, 0.15) is 33.1 Å². The molecular weight excluding hydrogens is 242 g/mol. The van der Waals surface area contributed by atoms with Crippen molar-refractivity contribution >= 4 is 0 Å². The van der Waals surface area contributed by atoms with E-state index in [0.717, 1.165) is 30.8 Å². The van der Waals surface area contributed by atoms with Gasteiger partial charge in [-0.15, -0.1) is 0 Å². The Labute approximate surface area is 115 Å². The van der Waals surface area contributed by atoms with E-state index in [0.29, 0.717) is 13.2 Å². The third-order valence-electron chi connectivity index (χ3n) is 2.91. The predicted octanol–water partition coefficient (Wildman–Crippen LogP) is 2.34. The Morgan fingerprint density at radius 3 is 2.21 bits per heavy atom. The molecule has 0 aromatic heterocycles. The van der Waals surface area contributed by atoms with E-state index < -0.39 is 5.54 Å². The maximum atomic E-state index is 9.03. The first kappa shape index (κ1) is 15.8. The van der Waals surface area contributed by atoms with Crippen LogP contribution in [0.4, 0.5) is 0 Å². The lowest BCUT2D eigenvalue weighted by Crippen LogP contribution is -2.39. The largest absolute Gasteiger partial charge is 0.494 e. The van der Waals surface area contributed by atoms with Gasteiger partial charge in [-0.25, -0.2) is 0 Å². The average molecular weight is 267 g/mol. The van der Waals surface area contributed by atoms with Crippen molar-refractivity contribution in [3.8, 4) is 11.5 Å². The normalized spacial score (nSPS) is 13.9. The third-order valence-corrected chi connectivity index (χ3v) is 2.91. The Hall–Kier alpha value is -1.26. The van der Waals surface area contributed by atoms with Crippen LogP contribution in [0.2, 0.25) is 0 Å². The van der Waals surface area contributed by atoms with Crippen LogP contribution in [0.15, 0.2) is 24.3 Å². The zero-order valence-electron chi connectivity index (χ0n) is 11.9. The number of aliphatic hydroxyl groups excluding tert-OH is 1. The van der Waals surface area contributed by atoms with Crippen LogP contribution in [0.3, 0.4) is 0 Å². The number of ether oxygens (including phenoxy) is 2. The molecule has 0 heterocycles. The molecule has 3 N–H and O–H groups in total. The van der Waals surface area contributed by atoms with Gasteiger partial charge in [-0.3, -0.25) is 0 Å². The maximum absolute atomic E-state index is 9.03. The average Bonchev–Trinajstić information content (AvgIpc) is 2.40. The van der Waals surface area contributed by atoms with Crippen molar-refractivity contribution < 1.29 is 14.6 Å². The predicted molar refractivity (Wildman–Crippen MR) is 76.6 cm³/mol. The van der Waals surface area contributed by atoms with Gasteiger partial charge in [0.1, 0.15) is 11.5 Å². The Morgan fingerprint density at radius 2 is 1.68 bits per heavy atom. The fourth-order valence-electron chi connectivity index (χ4n) is 1.70. The maximum Gasteiger partial charge on any atom is 0.119 e. The van der Waals surface area contributed by atoms with Crippen LogP contribution in [0.25, 0.3) is 0 Å². The van der Waals surface area contributed by atoms with Gasteiger partial charge >= 0.3 is 0 Å². The topological polar surface area (TPSA) is 64.7 Å². The molecule has 0 saturated heterocycles. The lowest BCUT2D eigenvalue weighted by Gasteiger charge is -2.21. The summed E-state index contributed by atoms with van der Waals surface area (Å²) < 4.78 is 11.0. The molecule has 0 aliphatic carbocycles. The standard InChI is InChI=1S/C15H25NO3/c1-3-18-13-6-8-14(9-7-13)19-11-5-4-10-15(2,16)12-17/h6-9,17H,3-5,10-12,16H2,1-2H3. The number of hydrogen-bond acceptors (Lipinski definition) is 4. The first-order valence-corrected chi connectivity index (χ1v) is 6.83. The third kappa shape index (κ3) is 6.45. The van der Waals surface area contributed by atoms with E-state index in [1.165, 1.54) is 0 Å². The molecule has 1 unspecified atom stereocenters. The molecule has 0 aliphatic heterocycles. The quantitative estimate of drug-likeness (QED) is 0.674. The van der Waals surface area contributed by atoms with E-state index in [-0.39, 0.29) is 6.61 Å². The highest BCUT2D eigenvalue weighted by atomic mass is 16.5. The Bertz CT molecular complexity index is 349. The summed E-state index contributed by atoms with van der Waals surface area (Å²) in [6.45, 7) is 5.17. The van der Waals surface area contributed by atoms with Crippen LogP contribution in [-0.4, -0.2) is 30.5 Å². The monoisotopic (exact) mass is 267 g/mol. The van der Waals surface area contributed by atoms with Crippen molar-refractivity contribution in [2.75, 3.05) is 19.8 Å². The minimum absolute atomic E-state index is 0.0206. The molecule has 0 saturated carbocycles.